The lowest BCUT2D eigenvalue weighted by atomic mass is 10.3. The van der Waals surface area contributed by atoms with Crippen molar-refractivity contribution in [2.45, 2.75) is 19.9 Å². The van der Waals surface area contributed by atoms with Gasteiger partial charge in [-0.05, 0) is 13.0 Å². The number of aromatic nitrogens is 4. The molecule has 0 aliphatic heterocycles. The highest BCUT2D eigenvalue weighted by Gasteiger charge is 2.11. The van der Waals surface area contributed by atoms with E-state index in [4.69, 9.17) is 5.26 Å². The van der Waals surface area contributed by atoms with Crippen molar-refractivity contribution in [1.82, 2.24) is 19.6 Å². The van der Waals surface area contributed by atoms with Crippen LogP contribution in [0.4, 0.5) is 5.82 Å². The van der Waals surface area contributed by atoms with E-state index in [-0.39, 0.29) is 5.91 Å². The van der Waals surface area contributed by atoms with Crippen LogP contribution in [-0.4, -0.2) is 25.5 Å². The van der Waals surface area contributed by atoms with Gasteiger partial charge in [0, 0.05) is 31.9 Å². The molecule has 0 unspecified atom stereocenters. The minimum absolute atomic E-state index is 0.171. The molecule has 0 saturated heterocycles. The largest absolute Gasteiger partial charge is 0.310 e. The average molecular weight is 258 g/mol. The molecule has 2 aromatic heterocycles. The van der Waals surface area contributed by atoms with Gasteiger partial charge in [-0.25, -0.2) is 0 Å². The number of amides is 1. The van der Waals surface area contributed by atoms with Crippen LogP contribution in [-0.2, 0) is 18.4 Å². The standard InChI is InChI=1S/C12H14N6O/c1-9-3-5-14-18(9)6-4-11(19)16-12-10(7-13)8-15-17(12)2/h3,5,8H,4,6H2,1-2H3,(H,16,19). The first-order valence-corrected chi connectivity index (χ1v) is 5.82. The first-order valence-electron chi connectivity index (χ1n) is 5.82. The number of aryl methyl sites for hydroxylation is 3. The van der Waals surface area contributed by atoms with Crippen LogP contribution in [0, 0.1) is 18.3 Å². The molecule has 19 heavy (non-hydrogen) atoms. The summed E-state index contributed by atoms with van der Waals surface area (Å²) in [5, 5.41) is 19.6. The second-order valence-electron chi connectivity index (χ2n) is 4.14. The van der Waals surface area contributed by atoms with E-state index in [1.165, 1.54) is 10.9 Å². The highest BCUT2D eigenvalue weighted by molar-refractivity contribution is 5.90. The van der Waals surface area contributed by atoms with Crippen molar-refractivity contribution >= 4 is 11.7 Å². The number of rotatable bonds is 4. The van der Waals surface area contributed by atoms with Crippen LogP contribution in [0.25, 0.3) is 0 Å². The number of anilines is 1. The summed E-state index contributed by atoms with van der Waals surface area (Å²) in [5.41, 5.74) is 1.36. The van der Waals surface area contributed by atoms with Crippen LogP contribution in [0.5, 0.6) is 0 Å². The average Bonchev–Trinajstić information content (AvgIpc) is 2.95. The zero-order chi connectivity index (χ0) is 13.8. The van der Waals surface area contributed by atoms with E-state index in [1.807, 2.05) is 19.1 Å². The van der Waals surface area contributed by atoms with Gasteiger partial charge in [0.1, 0.15) is 17.5 Å². The first-order chi connectivity index (χ1) is 9.11. The van der Waals surface area contributed by atoms with E-state index in [2.05, 4.69) is 15.5 Å². The Morgan fingerprint density at radius 1 is 1.53 bits per heavy atom. The highest BCUT2D eigenvalue weighted by Crippen LogP contribution is 2.12. The third-order valence-corrected chi connectivity index (χ3v) is 2.80. The Hall–Kier alpha value is -2.62. The van der Waals surface area contributed by atoms with E-state index in [0.717, 1.165) is 5.69 Å². The van der Waals surface area contributed by atoms with Gasteiger partial charge in [0.2, 0.25) is 5.91 Å². The Balaban J connectivity index is 1.97. The molecule has 0 fully saturated rings. The molecule has 0 bridgehead atoms. The van der Waals surface area contributed by atoms with Gasteiger partial charge in [0.05, 0.1) is 6.20 Å². The Bertz CT molecular complexity index is 633. The number of carbonyl (C=O) groups excluding carboxylic acids is 1. The summed E-state index contributed by atoms with van der Waals surface area (Å²) in [6.45, 7) is 2.43. The van der Waals surface area contributed by atoms with E-state index >= 15 is 0 Å². The van der Waals surface area contributed by atoms with Gasteiger partial charge in [-0.15, -0.1) is 0 Å². The van der Waals surface area contributed by atoms with Crippen molar-refractivity contribution < 1.29 is 4.79 Å². The van der Waals surface area contributed by atoms with Gasteiger partial charge in [-0.2, -0.15) is 15.5 Å². The van der Waals surface area contributed by atoms with Crippen molar-refractivity contribution in [2.24, 2.45) is 7.05 Å². The topological polar surface area (TPSA) is 88.5 Å². The molecular formula is C12H14N6O. The highest BCUT2D eigenvalue weighted by atomic mass is 16.1. The molecule has 0 aromatic carbocycles. The van der Waals surface area contributed by atoms with Gasteiger partial charge in [0.25, 0.3) is 0 Å². The fourth-order valence-electron chi connectivity index (χ4n) is 1.70. The summed E-state index contributed by atoms with van der Waals surface area (Å²) >= 11 is 0. The third-order valence-electron chi connectivity index (χ3n) is 2.80. The lowest BCUT2D eigenvalue weighted by molar-refractivity contribution is -0.116. The predicted molar refractivity (Wildman–Crippen MR) is 68.1 cm³/mol. The number of nitrogens with one attached hydrogen (secondary N) is 1. The monoisotopic (exact) mass is 258 g/mol. The van der Waals surface area contributed by atoms with Crippen molar-refractivity contribution in [2.75, 3.05) is 5.32 Å². The van der Waals surface area contributed by atoms with Crippen LogP contribution in [0.3, 0.4) is 0 Å². The molecule has 2 heterocycles. The summed E-state index contributed by atoms with van der Waals surface area (Å²) in [6.07, 6.45) is 3.41. The van der Waals surface area contributed by atoms with Gasteiger partial charge < -0.3 is 5.32 Å². The minimum Gasteiger partial charge on any atom is -0.310 e. The van der Waals surface area contributed by atoms with E-state index < -0.39 is 0 Å². The van der Waals surface area contributed by atoms with Crippen molar-refractivity contribution in [3.05, 3.63) is 29.7 Å². The van der Waals surface area contributed by atoms with Crippen LogP contribution >= 0.6 is 0 Å². The molecule has 1 N–H and O–H groups in total. The molecule has 7 nitrogen and oxygen atoms in total. The van der Waals surface area contributed by atoms with Crippen LogP contribution in [0.15, 0.2) is 18.5 Å². The molecule has 7 heteroatoms. The lowest BCUT2D eigenvalue weighted by Crippen LogP contribution is -2.18. The van der Waals surface area contributed by atoms with E-state index in [1.54, 1.807) is 17.9 Å². The molecule has 0 aliphatic rings. The number of nitriles is 1. The fraction of sp³-hybridized carbons (Fsp3) is 0.333. The molecule has 98 valence electrons. The maximum absolute atomic E-state index is 11.8. The maximum atomic E-state index is 11.8. The van der Waals surface area contributed by atoms with Gasteiger partial charge in [-0.1, -0.05) is 0 Å². The first kappa shape index (κ1) is 12.8. The quantitative estimate of drug-likeness (QED) is 0.879. The van der Waals surface area contributed by atoms with Crippen LogP contribution in [0.2, 0.25) is 0 Å². The summed E-state index contributed by atoms with van der Waals surface area (Å²) in [6, 6.07) is 3.87. The van der Waals surface area contributed by atoms with Crippen LogP contribution in [0.1, 0.15) is 17.7 Å². The summed E-state index contributed by atoms with van der Waals surface area (Å²) < 4.78 is 3.23. The summed E-state index contributed by atoms with van der Waals surface area (Å²) in [4.78, 5) is 11.8. The maximum Gasteiger partial charge on any atom is 0.227 e. The number of carbonyl (C=O) groups is 1. The molecule has 0 spiro atoms. The third kappa shape index (κ3) is 2.80. The molecular weight excluding hydrogens is 244 g/mol. The Morgan fingerprint density at radius 2 is 2.32 bits per heavy atom. The minimum atomic E-state index is -0.171. The Kier molecular flexibility index (Phi) is 3.61. The smallest absolute Gasteiger partial charge is 0.227 e. The Labute approximate surface area is 110 Å². The molecule has 0 saturated carbocycles. The van der Waals surface area contributed by atoms with Crippen molar-refractivity contribution in [1.29, 1.82) is 5.26 Å². The molecule has 1 amide bonds. The molecule has 0 atom stereocenters. The number of hydrogen-bond donors (Lipinski definition) is 1. The van der Waals surface area contributed by atoms with Gasteiger partial charge in [-0.3, -0.25) is 14.2 Å². The fourth-order valence-corrected chi connectivity index (χ4v) is 1.70. The van der Waals surface area contributed by atoms with E-state index in [0.29, 0.717) is 24.3 Å². The summed E-state index contributed by atoms with van der Waals surface area (Å²) in [5.74, 6) is 0.250. The van der Waals surface area contributed by atoms with Crippen LogP contribution < -0.4 is 5.32 Å². The Morgan fingerprint density at radius 3 is 2.95 bits per heavy atom. The van der Waals surface area contributed by atoms with Crippen molar-refractivity contribution in [3.8, 4) is 6.07 Å². The SMILES string of the molecule is Cc1ccnn1CCC(=O)Nc1c(C#N)cnn1C. The molecule has 2 aromatic rings. The molecule has 0 radical (unpaired) electrons. The predicted octanol–water partition coefficient (Wildman–Crippen LogP) is 0.825. The van der Waals surface area contributed by atoms with E-state index in [9.17, 15) is 4.79 Å². The zero-order valence-corrected chi connectivity index (χ0v) is 10.8. The normalized spacial score (nSPS) is 10.2. The second-order valence-corrected chi connectivity index (χ2v) is 4.14. The molecule has 2 rings (SSSR count). The summed E-state index contributed by atoms with van der Waals surface area (Å²) in [7, 11) is 1.67. The van der Waals surface area contributed by atoms with Crippen molar-refractivity contribution in [3.63, 3.8) is 0 Å². The number of nitrogens with zero attached hydrogens (tertiary/aromatic N) is 5. The van der Waals surface area contributed by atoms with Gasteiger partial charge in [0.15, 0.2) is 0 Å². The molecule has 0 aliphatic carbocycles. The van der Waals surface area contributed by atoms with Gasteiger partial charge >= 0.3 is 0 Å². The number of hydrogen-bond acceptors (Lipinski definition) is 4. The zero-order valence-electron chi connectivity index (χ0n) is 10.8. The second kappa shape index (κ2) is 5.35. The lowest BCUT2D eigenvalue weighted by Gasteiger charge is -2.07.